The lowest BCUT2D eigenvalue weighted by molar-refractivity contribution is 0.187. The Bertz CT molecular complexity index is 644. The zero-order valence-electron chi connectivity index (χ0n) is 21.1. The van der Waals surface area contributed by atoms with Crippen molar-refractivity contribution < 1.29 is 0 Å². The molecule has 2 unspecified atom stereocenters. The number of benzene rings is 1. The van der Waals surface area contributed by atoms with Crippen molar-refractivity contribution in [3.05, 3.63) is 66.0 Å². The van der Waals surface area contributed by atoms with Crippen molar-refractivity contribution in [2.24, 2.45) is 5.92 Å². The molecule has 0 aliphatic carbocycles. The van der Waals surface area contributed by atoms with Gasteiger partial charge in [0.2, 0.25) is 0 Å². The summed E-state index contributed by atoms with van der Waals surface area (Å²) < 4.78 is 0. The van der Waals surface area contributed by atoms with Crippen LogP contribution in [0, 0.1) is 5.92 Å². The molecule has 1 aromatic heterocycles. The van der Waals surface area contributed by atoms with E-state index in [1.165, 1.54) is 69.3 Å². The van der Waals surface area contributed by atoms with Gasteiger partial charge in [0.25, 0.3) is 0 Å². The van der Waals surface area contributed by atoms with Crippen LogP contribution in [0.4, 0.5) is 0 Å². The van der Waals surface area contributed by atoms with Gasteiger partial charge in [-0.15, -0.1) is 0 Å². The molecule has 2 aliphatic heterocycles. The van der Waals surface area contributed by atoms with Crippen LogP contribution in [0.15, 0.2) is 54.9 Å². The molecule has 0 radical (unpaired) electrons. The first-order chi connectivity index (χ1) is 15.2. The van der Waals surface area contributed by atoms with Gasteiger partial charge in [-0.05, 0) is 82.4 Å². The summed E-state index contributed by atoms with van der Waals surface area (Å²) in [5.41, 5.74) is 2.86. The Hall–Kier alpha value is -1.71. The van der Waals surface area contributed by atoms with Gasteiger partial charge in [0.05, 0.1) is 0 Å². The summed E-state index contributed by atoms with van der Waals surface area (Å²) in [6.07, 6.45) is 11.8. The van der Waals surface area contributed by atoms with Crippen LogP contribution in [0.2, 0.25) is 0 Å². The van der Waals surface area contributed by atoms with E-state index in [0.717, 1.165) is 5.92 Å². The zero-order valence-corrected chi connectivity index (χ0v) is 21.1. The highest BCUT2D eigenvalue weighted by Gasteiger charge is 2.20. The molecule has 1 aromatic carbocycles. The molecular weight excluding hydrogens is 378 g/mol. The molecule has 2 aliphatic rings. The highest BCUT2D eigenvalue weighted by atomic mass is 15.1. The van der Waals surface area contributed by atoms with Gasteiger partial charge in [-0.2, -0.15) is 0 Å². The highest BCUT2D eigenvalue weighted by molar-refractivity contribution is 5.15. The van der Waals surface area contributed by atoms with E-state index in [0.29, 0.717) is 6.04 Å². The smallest absolute Gasteiger partial charge is 0.0360 e. The van der Waals surface area contributed by atoms with Crippen LogP contribution in [-0.4, -0.2) is 48.5 Å². The van der Waals surface area contributed by atoms with E-state index in [1.54, 1.807) is 0 Å². The standard InChI is InChI=1S/C13H19N.C11H16N2.2C2H6/c1-14-9-5-8-13(11-14)10-12-6-3-2-4-7-12;1-13-8-3-2-6-11(13)10-5-4-7-12-9-10;2*1-2/h2-4,6-7,13H,5,8-11H2,1H3;4-5,7,9,11H,2-3,6,8H2,1H3;2*1-2H3. The topological polar surface area (TPSA) is 19.4 Å². The van der Waals surface area contributed by atoms with Crippen molar-refractivity contribution >= 4 is 0 Å². The van der Waals surface area contributed by atoms with Gasteiger partial charge in [0.1, 0.15) is 0 Å². The Morgan fingerprint density at radius 3 is 2.19 bits per heavy atom. The van der Waals surface area contributed by atoms with E-state index < -0.39 is 0 Å². The van der Waals surface area contributed by atoms with Gasteiger partial charge in [-0.25, -0.2) is 0 Å². The van der Waals surface area contributed by atoms with Crippen LogP contribution in [0.3, 0.4) is 0 Å². The fourth-order valence-electron chi connectivity index (χ4n) is 4.46. The van der Waals surface area contributed by atoms with E-state index in [1.807, 2.05) is 46.2 Å². The van der Waals surface area contributed by atoms with Crippen LogP contribution < -0.4 is 0 Å². The first-order valence-electron chi connectivity index (χ1n) is 12.5. The highest BCUT2D eigenvalue weighted by Crippen LogP contribution is 2.28. The second-order valence-corrected chi connectivity index (χ2v) is 8.24. The van der Waals surface area contributed by atoms with E-state index in [-0.39, 0.29) is 0 Å². The number of rotatable bonds is 3. The fraction of sp³-hybridized carbons (Fsp3) is 0.607. The predicted octanol–water partition coefficient (Wildman–Crippen LogP) is 6.86. The third-order valence-electron chi connectivity index (χ3n) is 5.93. The number of piperidine rings is 2. The third-order valence-corrected chi connectivity index (χ3v) is 5.93. The first-order valence-corrected chi connectivity index (χ1v) is 12.5. The maximum atomic E-state index is 4.17. The summed E-state index contributed by atoms with van der Waals surface area (Å²) in [4.78, 5) is 9.05. The lowest BCUT2D eigenvalue weighted by atomic mass is 9.92. The Morgan fingerprint density at radius 2 is 1.58 bits per heavy atom. The number of nitrogens with zero attached hydrogens (tertiary/aromatic N) is 3. The van der Waals surface area contributed by atoms with Crippen LogP contribution in [-0.2, 0) is 6.42 Å². The molecule has 174 valence electrons. The molecule has 31 heavy (non-hydrogen) atoms. The van der Waals surface area contributed by atoms with Crippen molar-refractivity contribution in [1.29, 1.82) is 0 Å². The molecule has 2 fully saturated rings. The molecule has 0 bridgehead atoms. The summed E-state index contributed by atoms with van der Waals surface area (Å²) in [5, 5.41) is 0. The largest absolute Gasteiger partial charge is 0.306 e. The molecule has 0 spiro atoms. The molecule has 2 aromatic rings. The number of pyridine rings is 1. The van der Waals surface area contributed by atoms with Crippen molar-refractivity contribution in [3.63, 3.8) is 0 Å². The maximum absolute atomic E-state index is 4.17. The minimum Gasteiger partial charge on any atom is -0.306 e. The predicted molar refractivity (Wildman–Crippen MR) is 137 cm³/mol. The summed E-state index contributed by atoms with van der Waals surface area (Å²) >= 11 is 0. The van der Waals surface area contributed by atoms with E-state index in [9.17, 15) is 0 Å². The second kappa shape index (κ2) is 16.9. The lowest BCUT2D eigenvalue weighted by Crippen LogP contribution is -2.32. The Balaban J connectivity index is 0.000000268. The minimum atomic E-state index is 0.599. The van der Waals surface area contributed by atoms with Gasteiger partial charge in [-0.1, -0.05) is 70.5 Å². The molecule has 3 heteroatoms. The normalized spacial score (nSPS) is 21.4. The average molecular weight is 426 g/mol. The Labute approximate surface area is 192 Å². The van der Waals surface area contributed by atoms with Crippen molar-refractivity contribution in [1.82, 2.24) is 14.8 Å². The SMILES string of the molecule is CC.CC.CN1CCCC(Cc2ccccc2)C1.CN1CCCCC1c1cccnc1. The maximum Gasteiger partial charge on any atom is 0.0360 e. The monoisotopic (exact) mass is 425 g/mol. The van der Waals surface area contributed by atoms with Crippen LogP contribution in [0.25, 0.3) is 0 Å². The quantitative estimate of drug-likeness (QED) is 0.535. The third kappa shape index (κ3) is 10.4. The molecule has 0 amide bonds. The average Bonchev–Trinajstić information content (AvgIpc) is 2.84. The van der Waals surface area contributed by atoms with Gasteiger partial charge in [0, 0.05) is 25.0 Å². The van der Waals surface area contributed by atoms with Crippen molar-refractivity contribution in [2.75, 3.05) is 33.7 Å². The number of hydrogen-bond acceptors (Lipinski definition) is 3. The summed E-state index contributed by atoms with van der Waals surface area (Å²) in [6.45, 7) is 11.8. The van der Waals surface area contributed by atoms with Gasteiger partial charge < -0.3 is 4.90 Å². The van der Waals surface area contributed by atoms with Crippen LogP contribution >= 0.6 is 0 Å². The number of aromatic nitrogens is 1. The molecule has 4 rings (SSSR count). The van der Waals surface area contributed by atoms with E-state index >= 15 is 0 Å². The molecule has 3 heterocycles. The minimum absolute atomic E-state index is 0.599. The second-order valence-electron chi connectivity index (χ2n) is 8.24. The van der Waals surface area contributed by atoms with Crippen LogP contribution in [0.5, 0.6) is 0 Å². The van der Waals surface area contributed by atoms with E-state index in [2.05, 4.69) is 65.3 Å². The van der Waals surface area contributed by atoms with Gasteiger partial charge in [-0.3, -0.25) is 9.88 Å². The summed E-state index contributed by atoms with van der Waals surface area (Å²) in [6, 6.07) is 15.7. The van der Waals surface area contributed by atoms with Gasteiger partial charge >= 0.3 is 0 Å². The van der Waals surface area contributed by atoms with Crippen molar-refractivity contribution in [3.8, 4) is 0 Å². The summed E-state index contributed by atoms with van der Waals surface area (Å²) in [7, 11) is 4.44. The van der Waals surface area contributed by atoms with E-state index in [4.69, 9.17) is 0 Å². The molecule has 3 nitrogen and oxygen atoms in total. The molecular formula is C28H47N3. The van der Waals surface area contributed by atoms with Crippen LogP contribution in [0.1, 0.15) is 77.0 Å². The fourth-order valence-corrected chi connectivity index (χ4v) is 4.46. The summed E-state index contributed by atoms with van der Waals surface area (Å²) in [5.74, 6) is 0.871. The first kappa shape index (κ1) is 27.3. The Kier molecular flexibility index (Phi) is 14.9. The molecule has 2 saturated heterocycles. The molecule has 0 saturated carbocycles. The molecule has 0 N–H and O–H groups in total. The Morgan fingerprint density at radius 1 is 0.839 bits per heavy atom. The number of likely N-dealkylation sites (tertiary alicyclic amines) is 2. The number of hydrogen-bond donors (Lipinski definition) is 0. The molecule has 2 atom stereocenters. The van der Waals surface area contributed by atoms with Gasteiger partial charge in [0.15, 0.2) is 0 Å². The van der Waals surface area contributed by atoms with Crippen molar-refractivity contribution in [2.45, 2.75) is 72.3 Å². The zero-order chi connectivity index (χ0) is 22.9. The lowest BCUT2D eigenvalue weighted by Gasteiger charge is -2.32.